The van der Waals surface area contributed by atoms with Crippen LogP contribution in [0.2, 0.25) is 0 Å². The highest BCUT2D eigenvalue weighted by Gasteiger charge is 2.51. The van der Waals surface area contributed by atoms with Gasteiger partial charge in [-0.25, -0.2) is 17.6 Å². The molecule has 1 aliphatic carbocycles. The minimum atomic E-state index is -3.28. The van der Waals surface area contributed by atoms with Crippen LogP contribution >= 0.6 is 0 Å². The van der Waals surface area contributed by atoms with Crippen LogP contribution in [-0.2, 0) is 4.79 Å². The molecule has 0 fully saturated rings. The van der Waals surface area contributed by atoms with Gasteiger partial charge in [-0.3, -0.25) is 4.79 Å². The number of rotatable bonds is 4. The van der Waals surface area contributed by atoms with Crippen LogP contribution in [0, 0.1) is 5.92 Å². The number of aliphatic hydroxyl groups is 1. The Morgan fingerprint density at radius 3 is 2.24 bits per heavy atom. The van der Waals surface area contributed by atoms with Crippen molar-refractivity contribution in [2.45, 2.75) is 44.6 Å². The molecule has 6 heteroatoms. The van der Waals surface area contributed by atoms with E-state index in [-0.39, 0.29) is 0 Å². The number of halogens is 4. The van der Waals surface area contributed by atoms with E-state index in [1.54, 1.807) is 0 Å². The summed E-state index contributed by atoms with van der Waals surface area (Å²) in [7, 11) is 0. The molecule has 0 heterocycles. The molecular formula is C11H14F4O2. The first-order valence-corrected chi connectivity index (χ1v) is 5.23. The number of hydrogen-bond acceptors (Lipinski definition) is 2. The van der Waals surface area contributed by atoms with Crippen molar-refractivity contribution in [2.75, 3.05) is 0 Å². The Morgan fingerprint density at radius 1 is 1.29 bits per heavy atom. The zero-order chi connectivity index (χ0) is 13.4. The van der Waals surface area contributed by atoms with Gasteiger partial charge in [0.1, 0.15) is 12.3 Å². The average Bonchev–Trinajstić information content (AvgIpc) is 2.53. The second kappa shape index (κ2) is 4.76. The Hall–Kier alpha value is -0.910. The van der Waals surface area contributed by atoms with Crippen molar-refractivity contribution in [3.8, 4) is 0 Å². The molecule has 0 aromatic carbocycles. The minimum Gasteiger partial charge on any atom is -0.379 e. The van der Waals surface area contributed by atoms with Crippen LogP contribution in [0.5, 0.6) is 0 Å². The Morgan fingerprint density at radius 2 is 1.82 bits per heavy atom. The molecule has 0 aliphatic heterocycles. The maximum absolute atomic E-state index is 13.8. The van der Waals surface area contributed by atoms with E-state index >= 15 is 0 Å². The minimum absolute atomic E-state index is 0.662. The predicted octanol–water partition coefficient (Wildman–Crippen LogP) is 2.21. The Labute approximate surface area is 96.3 Å². The van der Waals surface area contributed by atoms with E-state index in [0.717, 1.165) is 6.92 Å². The van der Waals surface area contributed by atoms with Crippen molar-refractivity contribution in [2.24, 2.45) is 5.92 Å². The highest BCUT2D eigenvalue weighted by Crippen LogP contribution is 2.39. The normalized spacial score (nSPS) is 30.4. The second-order valence-electron chi connectivity index (χ2n) is 4.41. The topological polar surface area (TPSA) is 37.3 Å². The number of hydrogen-bond donors (Lipinski definition) is 1. The van der Waals surface area contributed by atoms with Gasteiger partial charge < -0.3 is 5.11 Å². The van der Waals surface area contributed by atoms with Gasteiger partial charge in [-0.1, -0.05) is 6.92 Å². The van der Waals surface area contributed by atoms with Crippen molar-refractivity contribution in [3.05, 3.63) is 11.6 Å². The van der Waals surface area contributed by atoms with E-state index in [0.29, 0.717) is 6.08 Å². The van der Waals surface area contributed by atoms with E-state index in [9.17, 15) is 27.5 Å². The molecule has 0 saturated carbocycles. The summed E-state index contributed by atoms with van der Waals surface area (Å²) in [6, 6.07) is 0. The molecule has 98 valence electrons. The molecule has 0 amide bonds. The molecular weight excluding hydrogens is 240 g/mol. The SMILES string of the molecule is C[C@H](F)[C@@H](C)C(F)C1=CC(=O)C[C@]1(O)C(F)F. The fraction of sp³-hybridized carbons (Fsp3) is 0.727. The first kappa shape index (κ1) is 14.2. The molecule has 0 saturated heterocycles. The molecule has 2 nitrogen and oxygen atoms in total. The molecule has 0 aromatic rings. The van der Waals surface area contributed by atoms with Crippen molar-refractivity contribution in [1.29, 1.82) is 0 Å². The third-order valence-corrected chi connectivity index (χ3v) is 3.10. The zero-order valence-electron chi connectivity index (χ0n) is 9.46. The lowest BCUT2D eigenvalue weighted by Gasteiger charge is -2.29. The van der Waals surface area contributed by atoms with Crippen molar-refractivity contribution in [1.82, 2.24) is 0 Å². The third kappa shape index (κ3) is 2.51. The second-order valence-corrected chi connectivity index (χ2v) is 4.41. The summed E-state index contributed by atoms with van der Waals surface area (Å²) in [6.45, 7) is 2.29. The number of carbonyl (C=O) groups excluding carboxylic acids is 1. The van der Waals surface area contributed by atoms with E-state index in [2.05, 4.69) is 0 Å². The first-order valence-electron chi connectivity index (χ1n) is 5.23. The first-order chi connectivity index (χ1) is 7.70. The molecule has 1 rings (SSSR count). The summed E-state index contributed by atoms with van der Waals surface area (Å²) in [5.74, 6) is -1.97. The molecule has 1 N–H and O–H groups in total. The lowest BCUT2D eigenvalue weighted by molar-refractivity contribution is -0.123. The van der Waals surface area contributed by atoms with Crippen molar-refractivity contribution in [3.63, 3.8) is 0 Å². The van der Waals surface area contributed by atoms with Crippen LogP contribution in [0.25, 0.3) is 0 Å². The molecule has 1 unspecified atom stereocenters. The van der Waals surface area contributed by atoms with Gasteiger partial charge in [-0.15, -0.1) is 0 Å². The molecule has 1 aliphatic rings. The monoisotopic (exact) mass is 254 g/mol. The van der Waals surface area contributed by atoms with Gasteiger partial charge in [0.15, 0.2) is 11.4 Å². The van der Waals surface area contributed by atoms with E-state index in [4.69, 9.17) is 0 Å². The Balaban J connectivity index is 3.02. The largest absolute Gasteiger partial charge is 0.379 e. The molecule has 0 bridgehead atoms. The summed E-state index contributed by atoms with van der Waals surface area (Å²) in [6.07, 6.45) is -7.13. The molecule has 0 aromatic heterocycles. The van der Waals surface area contributed by atoms with Gasteiger partial charge in [0, 0.05) is 17.9 Å². The van der Waals surface area contributed by atoms with Gasteiger partial charge in [0.05, 0.1) is 0 Å². The fourth-order valence-corrected chi connectivity index (χ4v) is 1.75. The van der Waals surface area contributed by atoms with Gasteiger partial charge in [0.2, 0.25) is 0 Å². The lowest BCUT2D eigenvalue weighted by atomic mass is 9.86. The smallest absolute Gasteiger partial charge is 0.271 e. The van der Waals surface area contributed by atoms with Crippen LogP contribution in [0.15, 0.2) is 11.6 Å². The summed E-state index contributed by atoms with van der Waals surface area (Å²) in [4.78, 5) is 11.0. The van der Waals surface area contributed by atoms with Crippen LogP contribution < -0.4 is 0 Å². The fourth-order valence-electron chi connectivity index (χ4n) is 1.75. The van der Waals surface area contributed by atoms with Gasteiger partial charge >= 0.3 is 0 Å². The highest BCUT2D eigenvalue weighted by molar-refractivity contribution is 5.95. The van der Waals surface area contributed by atoms with Gasteiger partial charge in [0.25, 0.3) is 6.43 Å². The predicted molar refractivity (Wildman–Crippen MR) is 53.3 cm³/mol. The molecule has 0 radical (unpaired) electrons. The molecule has 4 atom stereocenters. The Bertz CT molecular complexity index is 340. The summed E-state index contributed by atoms with van der Waals surface area (Å²) >= 11 is 0. The quantitative estimate of drug-likeness (QED) is 0.781. The third-order valence-electron chi connectivity index (χ3n) is 3.10. The summed E-state index contributed by atoms with van der Waals surface area (Å²) in [5.41, 5.74) is -3.51. The number of carbonyl (C=O) groups is 1. The number of alkyl halides is 4. The van der Waals surface area contributed by atoms with E-state index in [1.807, 2.05) is 0 Å². The lowest BCUT2D eigenvalue weighted by Crippen LogP contribution is -2.42. The maximum Gasteiger partial charge on any atom is 0.271 e. The van der Waals surface area contributed by atoms with Crippen LogP contribution in [0.3, 0.4) is 0 Å². The molecule has 17 heavy (non-hydrogen) atoms. The summed E-state index contributed by atoms with van der Waals surface area (Å²) < 4.78 is 52.1. The average molecular weight is 254 g/mol. The maximum atomic E-state index is 13.8. The van der Waals surface area contributed by atoms with Gasteiger partial charge in [-0.2, -0.15) is 0 Å². The zero-order valence-corrected chi connectivity index (χ0v) is 9.46. The van der Waals surface area contributed by atoms with E-state index in [1.165, 1.54) is 6.92 Å². The Kier molecular flexibility index (Phi) is 3.96. The van der Waals surface area contributed by atoms with Crippen LogP contribution in [-0.4, -0.2) is 35.3 Å². The molecule has 0 spiro atoms. The summed E-state index contributed by atoms with van der Waals surface area (Å²) in [5, 5.41) is 9.60. The van der Waals surface area contributed by atoms with Crippen molar-refractivity contribution >= 4 is 5.78 Å². The van der Waals surface area contributed by atoms with Crippen LogP contribution in [0.4, 0.5) is 17.6 Å². The number of allylic oxidation sites excluding steroid dienone is 1. The van der Waals surface area contributed by atoms with Crippen LogP contribution in [0.1, 0.15) is 20.3 Å². The highest BCUT2D eigenvalue weighted by atomic mass is 19.3. The van der Waals surface area contributed by atoms with Gasteiger partial charge in [-0.05, 0) is 13.0 Å². The number of ketones is 1. The van der Waals surface area contributed by atoms with Crippen molar-refractivity contribution < 1.29 is 27.5 Å². The standard InChI is InChI=1S/C11H14F4O2/c1-5(6(2)12)9(13)8-3-7(16)4-11(8,17)10(14)15/h3,5-6,9-10,17H,4H2,1-2H3/t5-,6+,9?,11-/m1/s1. The van der Waals surface area contributed by atoms with E-state index < -0.39 is 48.1 Å².